The number of fused-ring (bicyclic) bond motifs is 1. The number of benzene rings is 1. The average molecular weight is 420 g/mol. The first-order valence-corrected chi connectivity index (χ1v) is 9.85. The largest absolute Gasteiger partial charge is 0.483 e. The van der Waals surface area contributed by atoms with Crippen molar-refractivity contribution in [3.05, 3.63) is 46.6 Å². The smallest absolute Gasteiger partial charge is 0.416 e. The highest BCUT2D eigenvalue weighted by atomic mass is 19.4. The van der Waals surface area contributed by atoms with Crippen LogP contribution in [0.1, 0.15) is 55.0 Å². The number of ether oxygens (including phenoxy) is 2. The monoisotopic (exact) mass is 420 g/mol. The number of aryl methyl sites for hydroxylation is 1. The van der Waals surface area contributed by atoms with E-state index in [0.29, 0.717) is 23.7 Å². The Labute approximate surface area is 172 Å². The Balaban J connectivity index is 1.47. The summed E-state index contributed by atoms with van der Waals surface area (Å²) in [6.45, 7) is 5.01. The van der Waals surface area contributed by atoms with Gasteiger partial charge < -0.3 is 14.8 Å². The third kappa shape index (κ3) is 4.37. The van der Waals surface area contributed by atoms with Gasteiger partial charge >= 0.3 is 6.18 Å². The Bertz CT molecular complexity index is 998. The normalized spacial score (nSPS) is 17.3. The van der Waals surface area contributed by atoms with Gasteiger partial charge in [0.25, 0.3) is 5.91 Å². The topological polar surface area (TPSA) is 60.5 Å². The van der Waals surface area contributed by atoms with E-state index >= 15 is 0 Å². The standard InChI is InChI=1S/C22H23F3N2O3/c1-12-16(13-4-5-13)6-7-18(26-12)27-19(28)11-29-17-9-15(22(23,24)25)8-14-10-21(2,3)30-20(14)17/h6-9,13H,4-5,10-11H2,1-3H3,(H,26,27,28). The van der Waals surface area contributed by atoms with E-state index in [2.05, 4.69) is 10.3 Å². The maximum atomic E-state index is 13.3. The molecular formula is C22H23F3N2O3. The van der Waals surface area contributed by atoms with Gasteiger partial charge in [-0.1, -0.05) is 6.07 Å². The van der Waals surface area contributed by atoms with Crippen molar-refractivity contribution in [2.45, 2.75) is 57.7 Å². The van der Waals surface area contributed by atoms with Crippen LogP contribution >= 0.6 is 0 Å². The van der Waals surface area contributed by atoms with Gasteiger partial charge in [-0.15, -0.1) is 0 Å². The van der Waals surface area contributed by atoms with Gasteiger partial charge in [0.1, 0.15) is 11.4 Å². The maximum absolute atomic E-state index is 13.3. The summed E-state index contributed by atoms with van der Waals surface area (Å²) in [4.78, 5) is 16.7. The summed E-state index contributed by atoms with van der Waals surface area (Å²) in [7, 11) is 0. The third-order valence-corrected chi connectivity index (χ3v) is 5.22. The van der Waals surface area contributed by atoms with Crippen LogP contribution in [0.25, 0.3) is 0 Å². The maximum Gasteiger partial charge on any atom is 0.416 e. The molecule has 30 heavy (non-hydrogen) atoms. The van der Waals surface area contributed by atoms with Crippen LogP contribution in [0.3, 0.4) is 0 Å². The molecule has 0 atom stereocenters. The van der Waals surface area contributed by atoms with Crippen LogP contribution in [0.5, 0.6) is 11.5 Å². The average Bonchev–Trinajstić information content (AvgIpc) is 3.40. The molecule has 1 N–H and O–H groups in total. The highest BCUT2D eigenvalue weighted by Crippen LogP contribution is 2.45. The number of pyridine rings is 1. The fourth-order valence-corrected chi connectivity index (χ4v) is 3.74. The van der Waals surface area contributed by atoms with E-state index in [1.807, 2.05) is 13.0 Å². The molecule has 2 aromatic rings. The highest BCUT2D eigenvalue weighted by molar-refractivity contribution is 5.91. The molecule has 8 heteroatoms. The van der Waals surface area contributed by atoms with Crippen molar-refractivity contribution in [2.75, 3.05) is 11.9 Å². The zero-order valence-electron chi connectivity index (χ0n) is 17.0. The predicted molar refractivity (Wildman–Crippen MR) is 105 cm³/mol. The SMILES string of the molecule is Cc1nc(NC(=O)COc2cc(C(F)(F)F)cc3c2OC(C)(C)C3)ccc1C1CC1. The van der Waals surface area contributed by atoms with E-state index in [9.17, 15) is 18.0 Å². The van der Waals surface area contributed by atoms with Crippen LogP contribution in [0.4, 0.5) is 19.0 Å². The van der Waals surface area contributed by atoms with Gasteiger partial charge in [-0.3, -0.25) is 4.79 Å². The van der Waals surface area contributed by atoms with Gasteiger partial charge in [0.05, 0.1) is 5.56 Å². The molecule has 0 radical (unpaired) electrons. The van der Waals surface area contributed by atoms with Crippen molar-refractivity contribution >= 4 is 11.7 Å². The van der Waals surface area contributed by atoms with Crippen LogP contribution < -0.4 is 14.8 Å². The molecule has 0 unspecified atom stereocenters. The van der Waals surface area contributed by atoms with Gasteiger partial charge in [0, 0.05) is 17.7 Å². The molecule has 1 aromatic carbocycles. The lowest BCUT2D eigenvalue weighted by Crippen LogP contribution is -2.25. The Hall–Kier alpha value is -2.77. The van der Waals surface area contributed by atoms with Crippen LogP contribution in [-0.4, -0.2) is 23.1 Å². The van der Waals surface area contributed by atoms with Gasteiger partial charge in [-0.2, -0.15) is 13.2 Å². The fraction of sp³-hybridized carbons (Fsp3) is 0.455. The molecular weight excluding hydrogens is 397 g/mol. The van der Waals surface area contributed by atoms with Crippen molar-refractivity contribution in [1.29, 1.82) is 0 Å². The van der Waals surface area contributed by atoms with E-state index in [-0.39, 0.29) is 11.5 Å². The summed E-state index contributed by atoms with van der Waals surface area (Å²) in [5.41, 5.74) is 0.993. The minimum atomic E-state index is -4.52. The Morgan fingerprint density at radius 1 is 1.30 bits per heavy atom. The number of anilines is 1. The second-order valence-corrected chi connectivity index (χ2v) is 8.48. The lowest BCUT2D eigenvalue weighted by molar-refractivity contribution is -0.137. The summed E-state index contributed by atoms with van der Waals surface area (Å²) >= 11 is 0. The zero-order valence-corrected chi connectivity index (χ0v) is 17.0. The molecule has 0 saturated heterocycles. The molecule has 0 bridgehead atoms. The number of halogens is 3. The van der Waals surface area contributed by atoms with E-state index in [0.717, 1.165) is 30.7 Å². The number of hydrogen-bond donors (Lipinski definition) is 1. The van der Waals surface area contributed by atoms with Crippen molar-refractivity contribution in [3.8, 4) is 11.5 Å². The first-order valence-electron chi connectivity index (χ1n) is 9.85. The minimum Gasteiger partial charge on any atom is -0.483 e. The Kier molecular flexibility index (Phi) is 4.91. The number of nitrogens with zero attached hydrogens (tertiary/aromatic N) is 1. The molecule has 5 nitrogen and oxygen atoms in total. The van der Waals surface area contributed by atoms with E-state index in [1.54, 1.807) is 19.9 Å². The van der Waals surface area contributed by atoms with Gasteiger partial charge in [-0.25, -0.2) is 4.98 Å². The van der Waals surface area contributed by atoms with Crippen LogP contribution in [0.15, 0.2) is 24.3 Å². The van der Waals surface area contributed by atoms with Crippen molar-refractivity contribution in [2.24, 2.45) is 0 Å². The van der Waals surface area contributed by atoms with Crippen molar-refractivity contribution in [3.63, 3.8) is 0 Å². The number of alkyl halides is 3. The molecule has 1 fully saturated rings. The summed E-state index contributed by atoms with van der Waals surface area (Å²) in [5, 5.41) is 2.63. The van der Waals surface area contributed by atoms with E-state index in [1.165, 1.54) is 5.56 Å². The van der Waals surface area contributed by atoms with E-state index < -0.39 is 29.9 Å². The number of carbonyl (C=O) groups excluding carboxylic acids is 1. The third-order valence-electron chi connectivity index (χ3n) is 5.22. The second kappa shape index (κ2) is 7.18. The second-order valence-electron chi connectivity index (χ2n) is 8.48. The van der Waals surface area contributed by atoms with Gasteiger partial charge in [-0.05, 0) is 63.3 Å². The van der Waals surface area contributed by atoms with Gasteiger partial charge in [0.15, 0.2) is 18.1 Å². The molecule has 1 amide bonds. The summed E-state index contributed by atoms with van der Waals surface area (Å²) in [6, 6.07) is 5.63. The zero-order chi connectivity index (χ0) is 21.7. The number of rotatable bonds is 5. The molecule has 4 rings (SSSR count). The fourth-order valence-electron chi connectivity index (χ4n) is 3.74. The Morgan fingerprint density at radius 2 is 2.03 bits per heavy atom. The molecule has 1 aromatic heterocycles. The molecule has 2 aliphatic rings. The quantitative estimate of drug-likeness (QED) is 0.738. The predicted octanol–water partition coefficient (Wildman–Crippen LogP) is 5.02. The van der Waals surface area contributed by atoms with Crippen molar-refractivity contribution < 1.29 is 27.4 Å². The molecule has 2 heterocycles. The molecule has 160 valence electrons. The first kappa shape index (κ1) is 20.5. The lowest BCUT2D eigenvalue weighted by Gasteiger charge is -2.18. The minimum absolute atomic E-state index is 0.0891. The number of aromatic nitrogens is 1. The van der Waals surface area contributed by atoms with E-state index in [4.69, 9.17) is 9.47 Å². The number of amides is 1. The summed E-state index contributed by atoms with van der Waals surface area (Å²) in [5.74, 6) is 0.594. The molecule has 0 spiro atoms. The van der Waals surface area contributed by atoms with Crippen LogP contribution in [0, 0.1) is 6.92 Å². The van der Waals surface area contributed by atoms with Crippen molar-refractivity contribution in [1.82, 2.24) is 4.98 Å². The number of nitrogens with one attached hydrogen (secondary N) is 1. The van der Waals surface area contributed by atoms with Crippen LogP contribution in [-0.2, 0) is 17.4 Å². The van der Waals surface area contributed by atoms with Crippen LogP contribution in [0.2, 0.25) is 0 Å². The molecule has 1 aliphatic heterocycles. The number of carbonyl (C=O) groups is 1. The number of hydrogen-bond acceptors (Lipinski definition) is 4. The summed E-state index contributed by atoms with van der Waals surface area (Å²) < 4.78 is 51.0. The molecule has 1 saturated carbocycles. The van der Waals surface area contributed by atoms with Gasteiger partial charge in [0.2, 0.25) is 0 Å². The molecule has 1 aliphatic carbocycles. The lowest BCUT2D eigenvalue weighted by atomic mass is 10.00. The Morgan fingerprint density at radius 3 is 2.67 bits per heavy atom. The first-order chi connectivity index (χ1) is 14.0. The highest BCUT2D eigenvalue weighted by Gasteiger charge is 2.38. The summed E-state index contributed by atoms with van der Waals surface area (Å²) in [6.07, 6.45) is -1.89.